The number of rotatable bonds is 18. The van der Waals surface area contributed by atoms with E-state index in [1.165, 1.54) is 94.6 Å². The number of unbranched alkanes of at least 4 members (excludes halogenated alkanes) is 10. The molecule has 0 bridgehead atoms. The molecule has 0 saturated heterocycles. The van der Waals surface area contributed by atoms with E-state index >= 15 is 35.1 Å². The van der Waals surface area contributed by atoms with Gasteiger partial charge in [0.25, 0.3) is 0 Å². The first-order valence-corrected chi connectivity index (χ1v) is 19.9. The molecule has 0 spiro atoms. The van der Waals surface area contributed by atoms with Crippen molar-refractivity contribution in [3.05, 3.63) is 116 Å². The zero-order chi connectivity index (χ0) is 48.8. The molecule has 1 nitrogen and oxygen atoms in total. The molecule has 0 aliphatic carbocycles. The first-order chi connectivity index (χ1) is 29.8. The Bertz CT molecular complexity index is 1910. The number of nitrogens with zero attached hydrogens (tertiary/aromatic N) is 1. The molecule has 0 atom stereocenters. The van der Waals surface area contributed by atoms with Gasteiger partial charge in [-0.2, -0.15) is 0 Å². The first-order valence-electron chi connectivity index (χ1n) is 19.9. The van der Waals surface area contributed by atoms with Crippen LogP contribution in [0.1, 0.15) is 90.9 Å². The molecule has 0 fully saturated rings. The van der Waals surface area contributed by atoms with E-state index in [1.807, 2.05) is 0 Å². The summed E-state index contributed by atoms with van der Waals surface area (Å²) in [5, 5.41) is 0. The lowest BCUT2D eigenvalue weighted by molar-refractivity contribution is -0.890. The molecule has 0 heterocycles. The molecule has 4 aromatic rings. The highest BCUT2D eigenvalue weighted by molar-refractivity contribution is 7.20. The van der Waals surface area contributed by atoms with Gasteiger partial charge in [0.15, 0.2) is 69.8 Å². The predicted octanol–water partition coefficient (Wildman–Crippen LogP) is 11.6. The molecular formula is C42H40BF20N. The summed E-state index contributed by atoms with van der Waals surface area (Å²) in [6.45, 7) is 7.34. The van der Waals surface area contributed by atoms with E-state index < -0.39 is 144 Å². The second-order valence-electron chi connectivity index (χ2n) is 15.7. The molecule has 0 saturated carbocycles. The Balaban J connectivity index is 0.000000483. The van der Waals surface area contributed by atoms with E-state index in [9.17, 15) is 52.7 Å². The van der Waals surface area contributed by atoms with Gasteiger partial charge in [0.05, 0.1) is 27.2 Å². The summed E-state index contributed by atoms with van der Waals surface area (Å²) < 4.78 is 295. The average Bonchev–Trinajstić information content (AvgIpc) is 3.26. The summed E-state index contributed by atoms with van der Waals surface area (Å²) in [5.74, 6) is -71.4. The summed E-state index contributed by atoms with van der Waals surface area (Å²) in [6, 6.07) is 0. The van der Waals surface area contributed by atoms with E-state index in [0.29, 0.717) is 0 Å². The number of benzene rings is 4. The second-order valence-corrected chi connectivity index (χ2v) is 15.7. The normalized spacial score (nSPS) is 12.0. The van der Waals surface area contributed by atoms with Crippen LogP contribution in [-0.4, -0.2) is 37.8 Å². The van der Waals surface area contributed by atoms with Gasteiger partial charge < -0.3 is 4.48 Å². The fourth-order valence-electron chi connectivity index (χ4n) is 7.63. The minimum absolute atomic E-state index is 1.24. The number of halogens is 20. The van der Waals surface area contributed by atoms with Gasteiger partial charge in [-0.3, -0.25) is 0 Å². The Morgan fingerprint density at radius 3 is 0.594 bits per heavy atom. The Hall–Kier alpha value is -4.50. The lowest BCUT2D eigenvalue weighted by Crippen LogP contribution is -2.81. The highest BCUT2D eigenvalue weighted by atomic mass is 19.2. The van der Waals surface area contributed by atoms with Crippen molar-refractivity contribution in [3.63, 3.8) is 0 Å². The van der Waals surface area contributed by atoms with Crippen molar-refractivity contribution in [2.24, 2.45) is 0 Å². The van der Waals surface area contributed by atoms with Crippen LogP contribution in [0.5, 0.6) is 0 Å². The van der Waals surface area contributed by atoms with Crippen molar-refractivity contribution in [3.8, 4) is 0 Å². The molecule has 64 heavy (non-hydrogen) atoms. The van der Waals surface area contributed by atoms with Crippen LogP contribution in [0.4, 0.5) is 87.8 Å². The Morgan fingerprint density at radius 2 is 0.406 bits per heavy atom. The van der Waals surface area contributed by atoms with Gasteiger partial charge in [-0.05, 0) is 25.7 Å². The molecule has 0 aromatic heterocycles. The topological polar surface area (TPSA) is 0 Å². The molecule has 0 aliphatic heterocycles. The standard InChI is InChI=1S/C24BF20.C18H40N/c26-5-1(6(27)14(35)21(42)13(5)34)25(2-7(28)15(36)22(43)16(37)8(2)29,3-9(30)17(38)23(44)18(39)10(3)31)4-11(32)19(40)24(45)20(41)12(4)33;1-5-7-9-11-13-15-17-19(3,4)18-16-14-12-10-8-6-2/h;5-18H2,1-4H3/q-1;+1. The maximum absolute atomic E-state index is 15.4. The average molecular weight is 950 g/mol. The zero-order valence-electron chi connectivity index (χ0n) is 34.5. The third kappa shape index (κ3) is 10.3. The Kier molecular flexibility index (Phi) is 18.6. The molecule has 0 aliphatic rings. The fourth-order valence-corrected chi connectivity index (χ4v) is 7.63. The predicted molar refractivity (Wildman–Crippen MR) is 198 cm³/mol. The van der Waals surface area contributed by atoms with Gasteiger partial charge in [0, 0.05) is 0 Å². The van der Waals surface area contributed by atoms with Gasteiger partial charge in [-0.25, -0.2) is 87.8 Å². The molecular weight excluding hydrogens is 909 g/mol. The Labute approximate surface area is 354 Å². The van der Waals surface area contributed by atoms with Crippen molar-refractivity contribution in [1.29, 1.82) is 0 Å². The van der Waals surface area contributed by atoms with Crippen LogP contribution in [0, 0.1) is 116 Å². The summed E-state index contributed by atoms with van der Waals surface area (Å²) in [6.07, 6.45) is 9.88. The van der Waals surface area contributed by atoms with Crippen LogP contribution in [0.15, 0.2) is 0 Å². The fraction of sp³-hybridized carbons (Fsp3) is 0.429. The van der Waals surface area contributed by atoms with Crippen LogP contribution in [0.2, 0.25) is 0 Å². The van der Waals surface area contributed by atoms with Crippen molar-refractivity contribution < 1.29 is 92.3 Å². The molecule has 22 heteroatoms. The van der Waals surface area contributed by atoms with Gasteiger partial charge >= 0.3 is 0 Å². The summed E-state index contributed by atoms with van der Waals surface area (Å²) in [7, 11) is 4.83. The van der Waals surface area contributed by atoms with E-state index in [2.05, 4.69) is 27.9 Å². The van der Waals surface area contributed by atoms with Crippen molar-refractivity contribution in [2.75, 3.05) is 27.2 Å². The smallest absolute Gasteiger partial charge is 0.200 e. The number of hydrogen-bond acceptors (Lipinski definition) is 0. The molecule has 0 radical (unpaired) electrons. The third-order valence-corrected chi connectivity index (χ3v) is 10.9. The van der Waals surface area contributed by atoms with Gasteiger partial charge in [-0.1, -0.05) is 65.2 Å². The summed E-state index contributed by atoms with van der Waals surface area (Å²) in [5.41, 5.74) is -14.3. The lowest BCUT2D eigenvalue weighted by Gasteiger charge is -2.44. The monoisotopic (exact) mass is 949 g/mol. The molecule has 356 valence electrons. The van der Waals surface area contributed by atoms with Crippen molar-refractivity contribution >= 4 is 28.0 Å². The van der Waals surface area contributed by atoms with E-state index in [4.69, 9.17) is 0 Å². The maximum atomic E-state index is 15.4. The largest absolute Gasteiger partial charge is 0.328 e. The quantitative estimate of drug-likeness (QED) is 0.0233. The highest BCUT2D eigenvalue weighted by Gasteiger charge is 2.52. The lowest BCUT2D eigenvalue weighted by atomic mass is 9.12. The zero-order valence-corrected chi connectivity index (χ0v) is 34.5. The summed E-state index contributed by atoms with van der Waals surface area (Å²) >= 11 is 0. The number of hydrogen-bond donors (Lipinski definition) is 0. The SMILES string of the molecule is CCCCCCCC[N+](C)(C)CCCCCCCC.Fc1c(F)c(F)c([B-](c2c(F)c(F)c(F)c(F)c2F)(c2c(F)c(F)c(F)c(F)c2F)c2c(F)c(F)c(F)c(F)c2F)c(F)c1F. The van der Waals surface area contributed by atoms with Gasteiger partial charge in [0.2, 0.25) is 0 Å². The first kappa shape index (κ1) is 53.8. The van der Waals surface area contributed by atoms with Gasteiger partial charge in [-0.15, -0.1) is 21.9 Å². The Morgan fingerprint density at radius 1 is 0.250 bits per heavy atom. The minimum atomic E-state index is -7.22. The van der Waals surface area contributed by atoms with E-state index in [1.54, 1.807) is 0 Å². The van der Waals surface area contributed by atoms with Crippen LogP contribution in [-0.2, 0) is 0 Å². The minimum Gasteiger partial charge on any atom is -0.328 e. The van der Waals surface area contributed by atoms with Crippen molar-refractivity contribution in [1.82, 2.24) is 0 Å². The van der Waals surface area contributed by atoms with E-state index in [-0.39, 0.29) is 0 Å². The molecule has 0 amide bonds. The number of quaternary nitrogens is 1. The molecule has 0 N–H and O–H groups in total. The summed E-state index contributed by atoms with van der Waals surface area (Å²) in [4.78, 5) is 0. The van der Waals surface area contributed by atoms with Crippen molar-refractivity contribution in [2.45, 2.75) is 90.9 Å². The second kappa shape index (κ2) is 22.1. The molecule has 0 unspecified atom stereocenters. The van der Waals surface area contributed by atoms with Crippen LogP contribution < -0.4 is 21.9 Å². The third-order valence-electron chi connectivity index (χ3n) is 10.9. The van der Waals surface area contributed by atoms with Crippen LogP contribution in [0.25, 0.3) is 0 Å². The van der Waals surface area contributed by atoms with E-state index in [0.717, 1.165) is 0 Å². The highest BCUT2D eigenvalue weighted by Crippen LogP contribution is 2.31. The van der Waals surface area contributed by atoms with Crippen LogP contribution >= 0.6 is 0 Å². The van der Waals surface area contributed by atoms with Crippen LogP contribution in [0.3, 0.4) is 0 Å². The molecule has 4 rings (SSSR count). The molecule has 4 aromatic carbocycles. The maximum Gasteiger partial charge on any atom is 0.200 e. The van der Waals surface area contributed by atoms with Gasteiger partial charge in [0.1, 0.15) is 52.7 Å².